The lowest BCUT2D eigenvalue weighted by molar-refractivity contribution is -0.127. The van der Waals surface area contributed by atoms with Crippen LogP contribution in [0.3, 0.4) is 0 Å². The summed E-state index contributed by atoms with van der Waals surface area (Å²) in [7, 11) is 0. The number of fused-ring (bicyclic) bond motifs is 1. The molecule has 2 aromatic carbocycles. The maximum atomic E-state index is 15.5. The molecule has 42 heavy (non-hydrogen) atoms. The average Bonchev–Trinajstić information content (AvgIpc) is 3.62. The molecule has 2 saturated heterocycles. The van der Waals surface area contributed by atoms with E-state index < -0.39 is 5.82 Å². The first kappa shape index (κ1) is 27.4. The largest absolute Gasteiger partial charge is 0.457 e. The van der Waals surface area contributed by atoms with Crippen molar-refractivity contribution in [3.63, 3.8) is 0 Å². The van der Waals surface area contributed by atoms with Crippen LogP contribution in [0.5, 0.6) is 11.5 Å². The molecule has 6 rings (SSSR count). The van der Waals surface area contributed by atoms with E-state index in [1.165, 1.54) is 12.4 Å². The van der Waals surface area contributed by atoms with Crippen molar-refractivity contribution in [1.29, 1.82) is 5.26 Å². The molecule has 0 aliphatic carbocycles. The minimum atomic E-state index is -0.534. The second-order valence-electron chi connectivity index (χ2n) is 10.5. The third-order valence-electron chi connectivity index (χ3n) is 7.77. The maximum Gasteiger partial charge on any atom is 0.264 e. The number of aromatic nitrogens is 4. The van der Waals surface area contributed by atoms with Crippen molar-refractivity contribution in [1.82, 2.24) is 24.6 Å². The van der Waals surface area contributed by atoms with Crippen molar-refractivity contribution in [3.8, 4) is 28.8 Å². The molecule has 4 heterocycles. The number of nitrogen functional groups attached to an aromatic ring is 1. The lowest BCUT2D eigenvalue weighted by Crippen LogP contribution is -2.39. The number of ether oxygens (including phenoxy) is 2. The third kappa shape index (κ3) is 5.53. The van der Waals surface area contributed by atoms with Crippen LogP contribution < -0.4 is 10.5 Å². The lowest BCUT2D eigenvalue weighted by atomic mass is 9.97. The van der Waals surface area contributed by atoms with E-state index in [4.69, 9.17) is 20.3 Å². The van der Waals surface area contributed by atoms with Gasteiger partial charge >= 0.3 is 0 Å². The van der Waals surface area contributed by atoms with E-state index in [1.54, 1.807) is 39.9 Å². The summed E-state index contributed by atoms with van der Waals surface area (Å²) in [4.78, 5) is 23.7. The van der Waals surface area contributed by atoms with Gasteiger partial charge in [-0.05, 0) is 55.9 Å². The Hall–Kier alpha value is -4.82. The first-order chi connectivity index (χ1) is 20.5. The van der Waals surface area contributed by atoms with Crippen LogP contribution in [0.4, 0.5) is 10.2 Å². The van der Waals surface area contributed by atoms with Gasteiger partial charge in [-0.15, -0.1) is 0 Å². The smallest absolute Gasteiger partial charge is 0.264 e. The van der Waals surface area contributed by atoms with Crippen LogP contribution in [-0.4, -0.2) is 56.4 Å². The lowest BCUT2D eigenvalue weighted by Gasteiger charge is -2.25. The number of allylic oxidation sites excluding steroid dienone is 1. The van der Waals surface area contributed by atoms with Gasteiger partial charge in [0.1, 0.15) is 46.8 Å². The average molecular weight is 568 g/mol. The molecule has 2 aliphatic rings. The van der Waals surface area contributed by atoms with Crippen LogP contribution in [0, 0.1) is 23.1 Å². The number of nitriles is 1. The molecule has 0 unspecified atom stereocenters. The number of benzene rings is 2. The summed E-state index contributed by atoms with van der Waals surface area (Å²) >= 11 is 0. The number of nitrogens with zero attached hydrogens (tertiary/aromatic N) is 6. The van der Waals surface area contributed by atoms with E-state index in [0.29, 0.717) is 54.5 Å². The number of rotatable bonds is 7. The Bertz CT molecular complexity index is 1680. The van der Waals surface area contributed by atoms with E-state index in [2.05, 4.69) is 16.0 Å². The molecule has 0 bridgehead atoms. The highest BCUT2D eigenvalue weighted by Gasteiger charge is 2.33. The molecule has 10 nitrogen and oxygen atoms in total. The predicted octanol–water partition coefficient (Wildman–Crippen LogP) is 4.87. The predicted molar refractivity (Wildman–Crippen MR) is 154 cm³/mol. The number of carbonyl (C=O) groups is 1. The number of carbonyl (C=O) groups excluding carboxylic acids is 1. The van der Waals surface area contributed by atoms with Crippen LogP contribution in [0.2, 0.25) is 0 Å². The number of amides is 1. The highest BCUT2D eigenvalue weighted by atomic mass is 19.1. The van der Waals surface area contributed by atoms with E-state index in [-0.39, 0.29) is 34.8 Å². The second-order valence-corrected chi connectivity index (χ2v) is 10.5. The molecule has 214 valence electrons. The van der Waals surface area contributed by atoms with Crippen molar-refractivity contribution >= 4 is 22.8 Å². The Morgan fingerprint density at radius 3 is 2.71 bits per heavy atom. The number of anilines is 1. The highest BCUT2D eigenvalue weighted by Crippen LogP contribution is 2.35. The van der Waals surface area contributed by atoms with Crippen molar-refractivity contribution in [2.45, 2.75) is 38.3 Å². The molecule has 0 radical (unpaired) electrons. The van der Waals surface area contributed by atoms with Crippen molar-refractivity contribution < 1.29 is 18.7 Å². The van der Waals surface area contributed by atoms with Gasteiger partial charge in [0, 0.05) is 31.4 Å². The van der Waals surface area contributed by atoms with Gasteiger partial charge in [-0.3, -0.25) is 4.79 Å². The van der Waals surface area contributed by atoms with Gasteiger partial charge in [0.05, 0.1) is 18.0 Å². The molecule has 2 fully saturated rings. The molecule has 2 aromatic heterocycles. The fraction of sp³-hybridized carbons (Fsp3) is 0.323. The SMILES string of the molecule is N#C/C(=C\C1CCOCC1)C(=O)N1CCC[C@H]1Cn1nc(-c2ccc(Oc3ccccc3)cc2F)c2c(N)ncnc21. The number of para-hydroxylation sites is 1. The topological polar surface area (TPSA) is 132 Å². The Balaban J connectivity index is 1.28. The molecule has 11 heteroatoms. The van der Waals surface area contributed by atoms with Crippen molar-refractivity contribution in [2.75, 3.05) is 25.5 Å². The number of likely N-dealkylation sites (tertiary alicyclic amines) is 1. The Morgan fingerprint density at radius 1 is 1.14 bits per heavy atom. The highest BCUT2D eigenvalue weighted by molar-refractivity contribution is 5.99. The van der Waals surface area contributed by atoms with E-state index in [9.17, 15) is 10.1 Å². The summed E-state index contributed by atoms with van der Waals surface area (Å²) in [6, 6.07) is 15.6. The fourth-order valence-corrected chi connectivity index (χ4v) is 5.64. The van der Waals surface area contributed by atoms with Gasteiger partial charge in [0.25, 0.3) is 5.91 Å². The standard InChI is InChI=1S/C31H30FN7O3/c32-26-16-24(42-23-6-2-1-3-7-23)8-9-25(26)28-27-29(34)35-19-36-30(27)39(37-28)18-22-5-4-12-38(22)31(40)21(17-33)15-20-10-13-41-14-11-20/h1-3,6-9,15-16,19-20,22H,4-5,10-14,18H2,(H2,34,35,36)/b21-15+/t22-/m0/s1. The van der Waals surface area contributed by atoms with E-state index in [1.807, 2.05) is 18.2 Å². The Morgan fingerprint density at radius 2 is 1.95 bits per heavy atom. The van der Waals surface area contributed by atoms with E-state index >= 15 is 4.39 Å². The van der Waals surface area contributed by atoms with Crippen LogP contribution in [0.25, 0.3) is 22.3 Å². The molecule has 0 spiro atoms. The summed E-state index contributed by atoms with van der Waals surface area (Å²) in [5, 5.41) is 15.0. The quantitative estimate of drug-likeness (QED) is 0.247. The van der Waals surface area contributed by atoms with Crippen LogP contribution in [0.1, 0.15) is 25.7 Å². The molecule has 1 amide bonds. The third-order valence-corrected chi connectivity index (χ3v) is 7.77. The van der Waals surface area contributed by atoms with Crippen LogP contribution in [-0.2, 0) is 16.1 Å². The summed E-state index contributed by atoms with van der Waals surface area (Å²) in [6.45, 7) is 2.11. The summed E-state index contributed by atoms with van der Waals surface area (Å²) in [5.74, 6) is 0.448. The van der Waals surface area contributed by atoms with Gasteiger partial charge in [-0.2, -0.15) is 10.4 Å². The number of hydrogen-bond acceptors (Lipinski definition) is 8. The molecule has 2 aliphatic heterocycles. The van der Waals surface area contributed by atoms with Crippen LogP contribution in [0.15, 0.2) is 66.5 Å². The zero-order chi connectivity index (χ0) is 29.1. The summed E-state index contributed by atoms with van der Waals surface area (Å²) in [5.41, 5.74) is 7.39. The van der Waals surface area contributed by atoms with Crippen LogP contribution >= 0.6 is 0 Å². The zero-order valence-electron chi connectivity index (χ0n) is 22.9. The zero-order valence-corrected chi connectivity index (χ0v) is 22.9. The monoisotopic (exact) mass is 567 g/mol. The van der Waals surface area contributed by atoms with E-state index in [0.717, 1.165) is 25.7 Å². The molecular formula is C31H30FN7O3. The van der Waals surface area contributed by atoms with Gasteiger partial charge in [0.2, 0.25) is 0 Å². The van der Waals surface area contributed by atoms with Gasteiger partial charge in [-0.1, -0.05) is 24.3 Å². The Labute approximate surface area is 242 Å². The minimum absolute atomic E-state index is 0.148. The molecular weight excluding hydrogens is 537 g/mol. The first-order valence-corrected chi connectivity index (χ1v) is 14.0. The number of nitrogens with two attached hydrogens (primary N) is 1. The molecule has 2 N–H and O–H groups in total. The molecule has 1 atom stereocenters. The summed E-state index contributed by atoms with van der Waals surface area (Å²) < 4.78 is 28.3. The fourth-order valence-electron chi connectivity index (χ4n) is 5.64. The number of halogens is 1. The molecule has 4 aromatic rings. The van der Waals surface area contributed by atoms with Crippen molar-refractivity contribution in [3.05, 3.63) is 72.3 Å². The van der Waals surface area contributed by atoms with Gasteiger partial charge < -0.3 is 20.1 Å². The normalized spacial score (nSPS) is 17.9. The van der Waals surface area contributed by atoms with Crippen molar-refractivity contribution in [2.24, 2.45) is 5.92 Å². The summed E-state index contributed by atoms with van der Waals surface area (Å²) in [6.07, 6.45) is 6.26. The van der Waals surface area contributed by atoms with Gasteiger partial charge in [0.15, 0.2) is 5.65 Å². The minimum Gasteiger partial charge on any atom is -0.457 e. The molecule has 0 saturated carbocycles. The second kappa shape index (κ2) is 12.0. The maximum absolute atomic E-state index is 15.5. The van der Waals surface area contributed by atoms with Gasteiger partial charge in [-0.25, -0.2) is 19.0 Å². The Kier molecular flexibility index (Phi) is 7.79. The first-order valence-electron chi connectivity index (χ1n) is 14.0. The number of hydrogen-bond donors (Lipinski definition) is 1.